The van der Waals surface area contributed by atoms with Crippen molar-refractivity contribution < 1.29 is 38.8 Å². The molecule has 0 radical (unpaired) electrons. The largest absolute Gasteiger partial charge is 0.478 e. The van der Waals surface area contributed by atoms with Crippen molar-refractivity contribution in [1.29, 1.82) is 5.26 Å². The molecule has 5 heterocycles. The SMILES string of the molecule is CC(C)(O/N=C(\C(=O)N[C@@H]1C(=O)N2C(C(=O)O)=C(C[n+]3ccn4cc(C#N)ccc43)CS[C@H]12)c1nc(N)sc1Cl)C(=O)O. The highest BCUT2D eigenvalue weighted by Crippen LogP contribution is 2.40. The number of hydrogen-bond donors (Lipinski definition) is 4. The minimum Gasteiger partial charge on any atom is -0.478 e. The summed E-state index contributed by atoms with van der Waals surface area (Å²) < 4.78 is 3.52. The van der Waals surface area contributed by atoms with Crippen LogP contribution < -0.4 is 15.6 Å². The summed E-state index contributed by atoms with van der Waals surface area (Å²) >= 11 is 8.29. The molecule has 2 amide bonds. The third-order valence-corrected chi connectivity index (χ3v) is 9.03. The quantitative estimate of drug-likeness (QED) is 0.110. The van der Waals surface area contributed by atoms with Crippen LogP contribution in [0.1, 0.15) is 25.1 Å². The third-order valence-electron chi connectivity index (χ3n) is 6.60. The summed E-state index contributed by atoms with van der Waals surface area (Å²) in [6, 6.07) is 4.32. The number of β-lactam (4-membered cyclic amide) rings is 1. The number of rotatable bonds is 9. The van der Waals surface area contributed by atoms with E-state index in [0.29, 0.717) is 16.8 Å². The van der Waals surface area contributed by atoms with Gasteiger partial charge in [-0.15, -0.1) is 11.8 Å². The van der Waals surface area contributed by atoms with E-state index in [1.807, 2.05) is 0 Å². The number of nitrogens with two attached hydrogens (primary N) is 1. The molecule has 222 valence electrons. The number of nitriles is 1. The second-order valence-corrected chi connectivity index (χ2v) is 12.6. The number of imidazole rings is 1. The zero-order valence-corrected chi connectivity index (χ0v) is 24.7. The maximum atomic E-state index is 13.3. The molecule has 0 unspecified atom stereocenters. The molecule has 0 saturated carbocycles. The van der Waals surface area contributed by atoms with Crippen LogP contribution in [0.15, 0.2) is 47.1 Å². The number of aromatic nitrogens is 3. The van der Waals surface area contributed by atoms with E-state index in [-0.39, 0.29) is 33.2 Å². The predicted molar refractivity (Wildman–Crippen MR) is 153 cm³/mol. The smallest absolute Gasteiger partial charge is 0.352 e. The molecule has 2 aliphatic heterocycles. The highest BCUT2D eigenvalue weighted by atomic mass is 35.5. The molecule has 5 rings (SSSR count). The van der Waals surface area contributed by atoms with Gasteiger partial charge in [-0.1, -0.05) is 28.1 Å². The number of carboxylic acids is 2. The maximum Gasteiger partial charge on any atom is 0.352 e. The summed E-state index contributed by atoms with van der Waals surface area (Å²) in [4.78, 5) is 60.6. The van der Waals surface area contributed by atoms with Gasteiger partial charge in [-0.3, -0.25) is 14.5 Å². The van der Waals surface area contributed by atoms with E-state index in [1.54, 1.807) is 39.7 Å². The van der Waals surface area contributed by atoms with Crippen molar-refractivity contribution in [2.45, 2.75) is 37.4 Å². The summed E-state index contributed by atoms with van der Waals surface area (Å²) in [7, 11) is 0. The summed E-state index contributed by atoms with van der Waals surface area (Å²) in [6.45, 7) is 2.60. The monoisotopic (exact) mass is 645 g/mol. The summed E-state index contributed by atoms with van der Waals surface area (Å²) in [5.74, 6) is -4.03. The predicted octanol–water partition coefficient (Wildman–Crippen LogP) is 0.813. The van der Waals surface area contributed by atoms with Crippen LogP contribution in [0.3, 0.4) is 0 Å². The van der Waals surface area contributed by atoms with Gasteiger partial charge in [0.25, 0.3) is 17.5 Å². The van der Waals surface area contributed by atoms with Crippen molar-refractivity contribution in [3.63, 3.8) is 0 Å². The minimum atomic E-state index is -1.82. The Hall–Kier alpha value is -4.66. The van der Waals surface area contributed by atoms with Crippen molar-refractivity contribution in [3.05, 3.63) is 57.6 Å². The number of hydrogen-bond acceptors (Lipinski definition) is 11. The van der Waals surface area contributed by atoms with E-state index in [9.17, 15) is 29.4 Å². The van der Waals surface area contributed by atoms with E-state index in [2.05, 4.69) is 21.5 Å². The molecule has 0 spiro atoms. The number of oxime groups is 1. The molecule has 2 atom stereocenters. The van der Waals surface area contributed by atoms with E-state index >= 15 is 0 Å². The van der Waals surface area contributed by atoms with Gasteiger partial charge in [0, 0.05) is 17.4 Å². The first-order valence-electron chi connectivity index (χ1n) is 12.3. The first-order chi connectivity index (χ1) is 20.3. The molecule has 18 heteroatoms. The first-order valence-corrected chi connectivity index (χ1v) is 14.6. The topological polar surface area (TPSA) is 217 Å². The Morgan fingerprint density at radius 1 is 1.37 bits per heavy atom. The summed E-state index contributed by atoms with van der Waals surface area (Å²) in [5.41, 5.74) is 4.67. The van der Waals surface area contributed by atoms with Gasteiger partial charge in [0.1, 0.15) is 58.3 Å². The number of amides is 2. The zero-order valence-electron chi connectivity index (χ0n) is 22.3. The molecule has 43 heavy (non-hydrogen) atoms. The molecule has 2 aliphatic rings. The van der Waals surface area contributed by atoms with Crippen LogP contribution in [0.25, 0.3) is 5.65 Å². The number of carboxylic acid groups (broad SMARTS) is 2. The molecular weight excluding hydrogens is 624 g/mol. The fourth-order valence-corrected chi connectivity index (χ4v) is 6.64. The van der Waals surface area contributed by atoms with E-state index in [0.717, 1.165) is 16.2 Å². The van der Waals surface area contributed by atoms with Crippen LogP contribution in [0.5, 0.6) is 0 Å². The Morgan fingerprint density at radius 3 is 2.74 bits per heavy atom. The summed E-state index contributed by atoms with van der Waals surface area (Å²) in [6.07, 6.45) is 5.12. The fourth-order valence-electron chi connectivity index (χ4n) is 4.38. The number of nitrogens with zero attached hydrogens (tertiary/aromatic N) is 6. The normalized spacial score (nSPS) is 18.6. The van der Waals surface area contributed by atoms with Gasteiger partial charge in [0.05, 0.1) is 5.56 Å². The van der Waals surface area contributed by atoms with Gasteiger partial charge in [0.2, 0.25) is 5.60 Å². The standard InChI is InChI=1S/C25H21ClN8O7S2/c1-25(2,23(39)40)41-31-15(14-18(26)43-24(28)30-14)19(35)29-16-20(36)34-17(22(37)38)12(10-42-21(16)34)9-33-6-5-32-8-11(7-27)3-4-13(32)33/h3-6,8,16,21H,9-10H2,1-2H3,(H4-,28,29,30,35,37,38,39,40)/p+1/b31-15-/t16-,21-/m1/s1. The van der Waals surface area contributed by atoms with Crippen molar-refractivity contribution in [3.8, 4) is 6.07 Å². The van der Waals surface area contributed by atoms with Crippen LogP contribution in [-0.2, 0) is 30.6 Å². The number of thioether (sulfide) groups is 1. The van der Waals surface area contributed by atoms with Crippen LogP contribution in [0.2, 0.25) is 4.34 Å². The Kier molecular flexibility index (Phi) is 7.77. The molecular formula is C25H22ClN8O7S2+. The molecule has 1 fully saturated rings. The van der Waals surface area contributed by atoms with Crippen molar-refractivity contribution in [2.75, 3.05) is 11.5 Å². The van der Waals surface area contributed by atoms with E-state index < -0.39 is 46.5 Å². The van der Waals surface area contributed by atoms with Crippen LogP contribution >= 0.6 is 34.7 Å². The number of thiazole rings is 1. The lowest BCUT2D eigenvalue weighted by Crippen LogP contribution is -2.71. The molecule has 15 nitrogen and oxygen atoms in total. The van der Waals surface area contributed by atoms with Gasteiger partial charge in [-0.25, -0.2) is 23.5 Å². The first kappa shape index (κ1) is 29.8. The number of nitrogen functional groups attached to an aromatic ring is 1. The summed E-state index contributed by atoms with van der Waals surface area (Å²) in [5, 5.41) is 34.1. The van der Waals surface area contributed by atoms with Gasteiger partial charge in [0.15, 0.2) is 10.8 Å². The Balaban J connectivity index is 1.39. The van der Waals surface area contributed by atoms with Crippen molar-refractivity contribution in [1.82, 2.24) is 19.6 Å². The lowest BCUT2D eigenvalue weighted by Gasteiger charge is -2.49. The van der Waals surface area contributed by atoms with Crippen LogP contribution in [0, 0.1) is 11.3 Å². The lowest BCUT2D eigenvalue weighted by atomic mass is 10.0. The second kappa shape index (κ2) is 11.2. The highest BCUT2D eigenvalue weighted by molar-refractivity contribution is 8.00. The fraction of sp³-hybridized carbons (Fsp3) is 0.280. The average molecular weight is 646 g/mol. The van der Waals surface area contributed by atoms with Gasteiger partial charge in [-0.05, 0) is 19.9 Å². The molecule has 3 aromatic rings. The molecule has 1 saturated heterocycles. The maximum absolute atomic E-state index is 13.3. The number of aliphatic carboxylic acids is 2. The molecule has 3 aromatic heterocycles. The Morgan fingerprint density at radius 2 is 2.12 bits per heavy atom. The Bertz CT molecular complexity index is 1810. The molecule has 5 N–H and O–H groups in total. The van der Waals surface area contributed by atoms with Crippen LogP contribution in [0.4, 0.5) is 5.13 Å². The number of nitrogens with one attached hydrogen (secondary N) is 1. The number of pyridine rings is 1. The van der Waals surface area contributed by atoms with Gasteiger partial charge in [-0.2, -0.15) is 5.26 Å². The van der Waals surface area contributed by atoms with E-state index in [4.69, 9.17) is 27.4 Å². The van der Waals surface area contributed by atoms with E-state index in [1.165, 1.54) is 25.6 Å². The average Bonchev–Trinajstić information content (AvgIpc) is 3.51. The molecule has 0 aliphatic carbocycles. The number of anilines is 1. The highest BCUT2D eigenvalue weighted by Gasteiger charge is 2.54. The third kappa shape index (κ3) is 5.47. The molecule has 0 bridgehead atoms. The number of carbonyl (C=O) groups excluding carboxylic acids is 2. The Labute approximate surface area is 255 Å². The van der Waals surface area contributed by atoms with Crippen LogP contribution in [-0.4, -0.2) is 76.7 Å². The number of fused-ring (bicyclic) bond motifs is 2. The second-order valence-electron chi connectivity index (χ2n) is 9.86. The lowest BCUT2D eigenvalue weighted by molar-refractivity contribution is -0.662. The van der Waals surface area contributed by atoms with Crippen molar-refractivity contribution in [2.24, 2.45) is 5.16 Å². The van der Waals surface area contributed by atoms with Crippen molar-refractivity contribution >= 4 is 74.9 Å². The number of carbonyl (C=O) groups is 4. The zero-order chi connectivity index (χ0) is 31.2. The van der Waals surface area contributed by atoms with Gasteiger partial charge < -0.3 is 26.1 Å². The minimum absolute atomic E-state index is 0.00914. The van der Waals surface area contributed by atoms with Gasteiger partial charge >= 0.3 is 11.9 Å². The number of halogens is 1. The molecule has 0 aromatic carbocycles.